The summed E-state index contributed by atoms with van der Waals surface area (Å²) in [6, 6.07) is 1.08. The fraction of sp³-hybridized carbons (Fsp3) is 1.00. The van der Waals surface area contributed by atoms with Gasteiger partial charge in [0.25, 0.3) is 0 Å². The second kappa shape index (κ2) is 5.77. The lowest BCUT2D eigenvalue weighted by Crippen LogP contribution is -2.62. The van der Waals surface area contributed by atoms with E-state index in [-0.39, 0.29) is 0 Å². The summed E-state index contributed by atoms with van der Waals surface area (Å²) in [5.74, 6) is 0. The smallest absolute Gasteiger partial charge is 0.386 e. The Labute approximate surface area is 105 Å². The molecule has 0 aromatic rings. The second-order valence-corrected chi connectivity index (χ2v) is 8.01. The van der Waals surface area contributed by atoms with Crippen molar-refractivity contribution in [3.05, 3.63) is 0 Å². The van der Waals surface area contributed by atoms with E-state index in [9.17, 15) is 0 Å². The van der Waals surface area contributed by atoms with Gasteiger partial charge in [-0.25, -0.2) is 0 Å². The highest BCUT2D eigenvalue weighted by Gasteiger charge is 2.50. The number of hydrogen-bond donors (Lipinski definition) is 0. The fourth-order valence-electron chi connectivity index (χ4n) is 2.93. The molecule has 0 aliphatic carbocycles. The molecular formula is C11H24N2O3Si. The normalized spacial score (nSPS) is 28.4. The summed E-state index contributed by atoms with van der Waals surface area (Å²) in [7, 11) is 1.48. The number of ether oxygens (including phenoxy) is 1. The van der Waals surface area contributed by atoms with Gasteiger partial charge in [0.15, 0.2) is 0 Å². The Morgan fingerprint density at radius 2 is 1.76 bits per heavy atom. The summed E-state index contributed by atoms with van der Waals surface area (Å²) < 4.78 is 19.4. The average molecular weight is 260 g/mol. The topological polar surface area (TPSA) is 34.2 Å². The van der Waals surface area contributed by atoms with Gasteiger partial charge in [0.2, 0.25) is 0 Å². The van der Waals surface area contributed by atoms with Crippen LogP contribution in [0, 0.1) is 0 Å². The van der Waals surface area contributed by atoms with Gasteiger partial charge in [-0.05, 0) is 19.9 Å². The Kier molecular flexibility index (Phi) is 4.57. The van der Waals surface area contributed by atoms with Crippen molar-refractivity contribution in [3.63, 3.8) is 0 Å². The Morgan fingerprint density at radius 1 is 1.12 bits per heavy atom. The lowest BCUT2D eigenvalue weighted by Gasteiger charge is -2.42. The predicted octanol–water partition coefficient (Wildman–Crippen LogP) is 0.602. The molecule has 2 aliphatic heterocycles. The minimum Gasteiger partial charge on any atom is -0.386 e. The van der Waals surface area contributed by atoms with Crippen LogP contribution in [0.1, 0.15) is 13.3 Å². The van der Waals surface area contributed by atoms with Crippen molar-refractivity contribution >= 4 is 8.72 Å². The van der Waals surface area contributed by atoms with Crippen LogP contribution in [0.5, 0.6) is 0 Å². The maximum absolute atomic E-state index is 5.76. The van der Waals surface area contributed by atoms with Crippen molar-refractivity contribution in [2.45, 2.75) is 25.6 Å². The van der Waals surface area contributed by atoms with E-state index in [4.69, 9.17) is 13.6 Å². The van der Waals surface area contributed by atoms with Gasteiger partial charge >= 0.3 is 8.72 Å². The van der Waals surface area contributed by atoms with E-state index in [1.54, 1.807) is 14.2 Å². The van der Waals surface area contributed by atoms with Crippen LogP contribution in [0.2, 0.25) is 6.04 Å². The van der Waals surface area contributed by atoms with E-state index in [0.717, 1.165) is 38.9 Å². The van der Waals surface area contributed by atoms with Crippen molar-refractivity contribution < 1.29 is 13.6 Å². The van der Waals surface area contributed by atoms with Crippen LogP contribution in [0.4, 0.5) is 0 Å². The van der Waals surface area contributed by atoms with Crippen LogP contribution in [0.25, 0.3) is 0 Å². The molecule has 5 nitrogen and oxygen atoms in total. The molecule has 0 bridgehead atoms. The Morgan fingerprint density at radius 3 is 2.35 bits per heavy atom. The third-order valence-corrected chi connectivity index (χ3v) is 7.73. The number of hydrogen-bond acceptors (Lipinski definition) is 5. The maximum atomic E-state index is 5.76. The molecule has 2 fully saturated rings. The molecule has 100 valence electrons. The highest BCUT2D eigenvalue weighted by molar-refractivity contribution is 6.65. The molecule has 2 saturated heterocycles. The summed E-state index contributed by atoms with van der Waals surface area (Å²) in [5, 5.41) is 0. The van der Waals surface area contributed by atoms with Gasteiger partial charge in [-0.15, -0.1) is 0 Å². The number of rotatable bonds is 4. The van der Waals surface area contributed by atoms with E-state index >= 15 is 0 Å². The van der Waals surface area contributed by atoms with Crippen molar-refractivity contribution in [1.82, 2.24) is 9.47 Å². The van der Waals surface area contributed by atoms with Crippen molar-refractivity contribution in [2.24, 2.45) is 0 Å². The largest absolute Gasteiger partial charge is 0.428 e. The molecule has 2 heterocycles. The van der Waals surface area contributed by atoms with Gasteiger partial charge in [-0.2, -0.15) is 0 Å². The first-order valence-corrected chi connectivity index (χ1v) is 8.39. The molecule has 2 aliphatic rings. The third-order valence-electron chi connectivity index (χ3n) is 3.99. The van der Waals surface area contributed by atoms with Crippen molar-refractivity contribution in [3.8, 4) is 0 Å². The molecule has 17 heavy (non-hydrogen) atoms. The molecule has 1 unspecified atom stereocenters. The molecule has 0 aromatic carbocycles. The maximum Gasteiger partial charge on any atom is 0.428 e. The standard InChI is InChI=1S/C11H24N2O3Si/c1-11(12-6-8-16-9-7-12)13-5-4-10-17(13,14-2)15-3/h11H,4-10H2,1-3H3. The van der Waals surface area contributed by atoms with E-state index in [0.29, 0.717) is 6.17 Å². The van der Waals surface area contributed by atoms with E-state index < -0.39 is 8.72 Å². The van der Waals surface area contributed by atoms with E-state index in [2.05, 4.69) is 16.4 Å². The van der Waals surface area contributed by atoms with Gasteiger partial charge in [0.1, 0.15) is 0 Å². The molecule has 0 saturated carbocycles. The summed E-state index contributed by atoms with van der Waals surface area (Å²) in [6.07, 6.45) is 1.58. The average Bonchev–Trinajstić information content (AvgIpc) is 2.83. The summed E-state index contributed by atoms with van der Waals surface area (Å²) in [4.78, 5) is 2.47. The van der Waals surface area contributed by atoms with Crippen LogP contribution >= 0.6 is 0 Å². The van der Waals surface area contributed by atoms with Crippen LogP contribution in [-0.4, -0.2) is 71.4 Å². The lowest BCUT2D eigenvalue weighted by molar-refractivity contribution is -0.0159. The first kappa shape index (κ1) is 13.4. The van der Waals surface area contributed by atoms with Crippen molar-refractivity contribution in [1.29, 1.82) is 0 Å². The highest BCUT2D eigenvalue weighted by atomic mass is 28.4. The Bertz CT molecular complexity index is 245. The molecule has 0 amide bonds. The quantitative estimate of drug-likeness (QED) is 0.692. The van der Waals surface area contributed by atoms with Crippen LogP contribution in [-0.2, 0) is 13.6 Å². The summed E-state index contributed by atoms with van der Waals surface area (Å²) in [5.41, 5.74) is 0. The minimum atomic E-state index is -2.11. The SMILES string of the molecule is CO[Si]1(OC)CCCN1C(C)N1CCOCC1. The Balaban J connectivity index is 2.04. The first-order valence-electron chi connectivity index (χ1n) is 6.42. The zero-order valence-corrected chi connectivity index (χ0v) is 12.1. The number of morpholine rings is 1. The predicted molar refractivity (Wildman–Crippen MR) is 67.8 cm³/mol. The molecule has 0 N–H and O–H groups in total. The summed E-state index contributed by atoms with van der Waals surface area (Å²) in [6.45, 7) is 7.05. The van der Waals surface area contributed by atoms with E-state index in [1.165, 1.54) is 6.42 Å². The fourth-order valence-corrected chi connectivity index (χ4v) is 6.10. The molecule has 6 heteroatoms. The molecule has 0 spiro atoms. The molecule has 0 radical (unpaired) electrons. The zero-order chi connectivity index (χ0) is 12.3. The van der Waals surface area contributed by atoms with Gasteiger partial charge in [-0.1, -0.05) is 0 Å². The molecule has 2 rings (SSSR count). The van der Waals surface area contributed by atoms with Gasteiger partial charge < -0.3 is 13.6 Å². The highest BCUT2D eigenvalue weighted by Crippen LogP contribution is 2.30. The first-order chi connectivity index (χ1) is 8.23. The van der Waals surface area contributed by atoms with E-state index in [1.807, 2.05) is 0 Å². The van der Waals surface area contributed by atoms with Gasteiger partial charge in [-0.3, -0.25) is 9.47 Å². The summed E-state index contributed by atoms with van der Waals surface area (Å²) >= 11 is 0. The monoisotopic (exact) mass is 260 g/mol. The van der Waals surface area contributed by atoms with Crippen LogP contribution in [0.3, 0.4) is 0 Å². The van der Waals surface area contributed by atoms with Gasteiger partial charge in [0, 0.05) is 33.4 Å². The lowest BCUT2D eigenvalue weighted by atomic mass is 10.3. The molecular weight excluding hydrogens is 236 g/mol. The minimum absolute atomic E-state index is 0.396. The zero-order valence-electron chi connectivity index (χ0n) is 11.1. The molecule has 0 aromatic heterocycles. The number of nitrogens with zero attached hydrogens (tertiary/aromatic N) is 2. The second-order valence-electron chi connectivity index (χ2n) is 4.70. The van der Waals surface area contributed by atoms with Crippen LogP contribution in [0.15, 0.2) is 0 Å². The van der Waals surface area contributed by atoms with Crippen LogP contribution < -0.4 is 0 Å². The Hall–Kier alpha value is 0.0169. The third kappa shape index (κ3) is 2.57. The molecule has 1 atom stereocenters. The van der Waals surface area contributed by atoms with Gasteiger partial charge in [0.05, 0.1) is 19.4 Å². The van der Waals surface area contributed by atoms with Crippen molar-refractivity contribution in [2.75, 3.05) is 47.1 Å².